The first-order chi connectivity index (χ1) is 13.2. The molecular formula is C22H24ClN3O. The Morgan fingerprint density at radius 1 is 1.11 bits per heavy atom. The number of rotatable bonds is 9. The van der Waals surface area contributed by atoms with Crippen LogP contribution in [0.4, 0.5) is 0 Å². The third-order valence-corrected chi connectivity index (χ3v) is 4.80. The number of hydrogen-bond donors (Lipinski definition) is 1. The van der Waals surface area contributed by atoms with Gasteiger partial charge in [0, 0.05) is 24.5 Å². The highest BCUT2D eigenvalue weighted by Gasteiger charge is 2.10. The average molecular weight is 382 g/mol. The Morgan fingerprint density at radius 2 is 1.89 bits per heavy atom. The number of fused-ring (bicyclic) bond motifs is 1. The first-order valence-electron chi connectivity index (χ1n) is 9.26. The number of amides is 1. The lowest BCUT2D eigenvalue weighted by atomic mass is 10.1. The Bertz CT molecular complexity index is 915. The van der Waals surface area contributed by atoms with Crippen LogP contribution in [0.25, 0.3) is 11.0 Å². The van der Waals surface area contributed by atoms with Crippen LogP contribution < -0.4 is 5.32 Å². The topological polar surface area (TPSA) is 46.9 Å². The highest BCUT2D eigenvalue weighted by Crippen LogP contribution is 2.20. The Hall–Kier alpha value is -2.59. The second-order valence-electron chi connectivity index (χ2n) is 6.54. The van der Waals surface area contributed by atoms with E-state index in [1.165, 1.54) is 11.6 Å². The Balaban J connectivity index is 1.66. The van der Waals surface area contributed by atoms with Crippen LogP contribution in [0, 0.1) is 0 Å². The molecule has 0 aliphatic rings. The minimum absolute atomic E-state index is 0.111. The van der Waals surface area contributed by atoms with Gasteiger partial charge in [0.15, 0.2) is 0 Å². The predicted octanol–water partition coefficient (Wildman–Crippen LogP) is 4.75. The largest absolute Gasteiger partial charge is 0.353 e. The summed E-state index contributed by atoms with van der Waals surface area (Å²) in [5.41, 5.74) is 3.39. The number of aromatic nitrogens is 2. The van der Waals surface area contributed by atoms with Crippen LogP contribution in [-0.4, -0.2) is 22.0 Å². The number of aryl methyl sites for hydroxylation is 1. The van der Waals surface area contributed by atoms with Gasteiger partial charge in [-0.2, -0.15) is 0 Å². The van der Waals surface area contributed by atoms with Gasteiger partial charge in [0.05, 0.1) is 11.0 Å². The van der Waals surface area contributed by atoms with Gasteiger partial charge in [0.1, 0.15) is 5.82 Å². The summed E-state index contributed by atoms with van der Waals surface area (Å²) in [4.78, 5) is 16.0. The second kappa shape index (κ2) is 9.38. The number of halogens is 1. The highest BCUT2D eigenvalue weighted by molar-refractivity contribution is 6.30. The molecule has 140 valence electrons. The smallest absolute Gasteiger partial charge is 0.243 e. The first kappa shape index (κ1) is 19.2. The molecule has 1 heterocycles. The summed E-state index contributed by atoms with van der Waals surface area (Å²) in [6.07, 6.45) is 5.25. The highest BCUT2D eigenvalue weighted by atomic mass is 35.5. The number of hydrogen-bond acceptors (Lipinski definition) is 2. The zero-order chi connectivity index (χ0) is 19.1. The van der Waals surface area contributed by atoms with Crippen molar-refractivity contribution in [3.63, 3.8) is 0 Å². The fourth-order valence-corrected chi connectivity index (χ4v) is 3.26. The quantitative estimate of drug-likeness (QED) is 0.429. The third-order valence-electron chi connectivity index (χ3n) is 4.55. The number of unbranched alkanes of at least 4 members (excludes halogenated alkanes) is 2. The minimum atomic E-state index is -0.111. The fraction of sp³-hybridized carbons (Fsp3) is 0.273. The average Bonchev–Trinajstić information content (AvgIpc) is 3.03. The molecule has 4 nitrogen and oxygen atoms in total. The van der Waals surface area contributed by atoms with Gasteiger partial charge < -0.3 is 9.88 Å². The molecule has 27 heavy (non-hydrogen) atoms. The van der Waals surface area contributed by atoms with E-state index in [9.17, 15) is 4.79 Å². The molecule has 5 heteroatoms. The van der Waals surface area contributed by atoms with Crippen molar-refractivity contribution in [2.24, 2.45) is 0 Å². The molecule has 1 amide bonds. The summed E-state index contributed by atoms with van der Waals surface area (Å²) in [5.74, 6) is 0.987. The van der Waals surface area contributed by atoms with E-state index in [2.05, 4.69) is 46.8 Å². The zero-order valence-corrected chi connectivity index (χ0v) is 16.1. The lowest BCUT2D eigenvalue weighted by Gasteiger charge is -2.10. The first-order valence-corrected chi connectivity index (χ1v) is 9.64. The van der Waals surface area contributed by atoms with Crippen LogP contribution in [0.3, 0.4) is 0 Å². The maximum absolute atomic E-state index is 11.2. The lowest BCUT2D eigenvalue weighted by Crippen LogP contribution is -2.21. The van der Waals surface area contributed by atoms with Crippen LogP contribution in [-0.2, 0) is 17.8 Å². The monoisotopic (exact) mass is 381 g/mol. The van der Waals surface area contributed by atoms with E-state index < -0.39 is 0 Å². The molecule has 0 fully saturated rings. The van der Waals surface area contributed by atoms with E-state index >= 15 is 0 Å². The van der Waals surface area contributed by atoms with Crippen LogP contribution in [0.15, 0.2) is 61.2 Å². The minimum Gasteiger partial charge on any atom is -0.353 e. The molecule has 1 N–H and O–H groups in total. The molecular weight excluding hydrogens is 358 g/mol. The summed E-state index contributed by atoms with van der Waals surface area (Å²) in [5, 5.41) is 3.56. The predicted molar refractivity (Wildman–Crippen MR) is 111 cm³/mol. The maximum Gasteiger partial charge on any atom is 0.243 e. The van der Waals surface area contributed by atoms with Crippen molar-refractivity contribution >= 4 is 28.5 Å². The van der Waals surface area contributed by atoms with Crippen molar-refractivity contribution in [2.75, 3.05) is 6.54 Å². The van der Waals surface area contributed by atoms with E-state index in [1.807, 2.05) is 18.2 Å². The van der Waals surface area contributed by atoms with Crippen molar-refractivity contribution in [1.82, 2.24) is 14.9 Å². The van der Waals surface area contributed by atoms with E-state index in [0.717, 1.165) is 54.1 Å². The van der Waals surface area contributed by atoms with Crippen LogP contribution in [0.1, 0.15) is 30.7 Å². The fourth-order valence-electron chi connectivity index (χ4n) is 3.13. The second-order valence-corrected chi connectivity index (χ2v) is 6.97. The molecule has 3 rings (SSSR count). The number of carbonyl (C=O) groups excluding carboxylic acids is 1. The van der Waals surface area contributed by atoms with Crippen LogP contribution in [0.5, 0.6) is 0 Å². The molecule has 0 unspecified atom stereocenters. The molecule has 1 aromatic heterocycles. The molecule has 0 saturated heterocycles. The van der Waals surface area contributed by atoms with Crippen LogP contribution >= 0.6 is 11.6 Å². The van der Waals surface area contributed by atoms with Crippen molar-refractivity contribution in [3.8, 4) is 0 Å². The molecule has 2 aromatic carbocycles. The SMILES string of the molecule is C=CC(=O)NCCCCCc1nc2ccccc2n1Cc1ccc(Cl)cc1. The Kier molecular flexibility index (Phi) is 6.66. The molecule has 0 spiro atoms. The van der Waals surface area contributed by atoms with Gasteiger partial charge in [-0.3, -0.25) is 4.79 Å². The summed E-state index contributed by atoms with van der Waals surface area (Å²) in [6, 6.07) is 16.2. The Labute approximate surface area is 164 Å². The van der Waals surface area contributed by atoms with Gasteiger partial charge in [-0.15, -0.1) is 0 Å². The number of nitrogens with one attached hydrogen (secondary N) is 1. The van der Waals surface area contributed by atoms with Gasteiger partial charge in [0.25, 0.3) is 0 Å². The lowest BCUT2D eigenvalue weighted by molar-refractivity contribution is -0.116. The molecule has 0 saturated carbocycles. The summed E-state index contributed by atoms with van der Waals surface area (Å²) in [6.45, 7) is 4.92. The normalized spacial score (nSPS) is 10.9. The van der Waals surface area contributed by atoms with Crippen molar-refractivity contribution in [2.45, 2.75) is 32.2 Å². The summed E-state index contributed by atoms with van der Waals surface area (Å²) >= 11 is 6.01. The molecule has 0 aliphatic carbocycles. The maximum atomic E-state index is 11.2. The van der Waals surface area contributed by atoms with E-state index in [4.69, 9.17) is 16.6 Å². The standard InChI is InChI=1S/C22H24ClN3O/c1-2-22(27)24-15-7-3-4-10-21-25-19-8-5-6-9-20(19)26(21)16-17-11-13-18(23)14-12-17/h2,5-6,8-9,11-14H,1,3-4,7,10,15-16H2,(H,24,27). The summed E-state index contributed by atoms with van der Waals surface area (Å²) in [7, 11) is 0. The number of benzene rings is 2. The molecule has 3 aromatic rings. The zero-order valence-electron chi connectivity index (χ0n) is 15.3. The third kappa shape index (κ3) is 5.20. The number of imidazole rings is 1. The summed E-state index contributed by atoms with van der Waals surface area (Å²) < 4.78 is 2.29. The van der Waals surface area contributed by atoms with Gasteiger partial charge in [-0.1, -0.05) is 48.9 Å². The van der Waals surface area contributed by atoms with E-state index in [1.54, 1.807) is 0 Å². The van der Waals surface area contributed by atoms with Gasteiger partial charge >= 0.3 is 0 Å². The van der Waals surface area contributed by atoms with Gasteiger partial charge in [-0.05, 0) is 48.7 Å². The molecule has 0 radical (unpaired) electrons. The number of nitrogens with zero attached hydrogens (tertiary/aromatic N) is 2. The van der Waals surface area contributed by atoms with Gasteiger partial charge in [0.2, 0.25) is 5.91 Å². The van der Waals surface area contributed by atoms with E-state index in [-0.39, 0.29) is 5.91 Å². The Morgan fingerprint density at radius 3 is 2.67 bits per heavy atom. The van der Waals surface area contributed by atoms with Gasteiger partial charge in [-0.25, -0.2) is 4.98 Å². The number of carbonyl (C=O) groups is 1. The molecule has 0 bridgehead atoms. The van der Waals surface area contributed by atoms with Crippen molar-refractivity contribution < 1.29 is 4.79 Å². The number of para-hydroxylation sites is 2. The van der Waals surface area contributed by atoms with Crippen molar-refractivity contribution in [1.29, 1.82) is 0 Å². The van der Waals surface area contributed by atoms with Crippen molar-refractivity contribution in [3.05, 3.63) is 77.6 Å². The van der Waals surface area contributed by atoms with E-state index in [0.29, 0.717) is 6.54 Å². The molecule has 0 atom stereocenters. The van der Waals surface area contributed by atoms with Crippen LogP contribution in [0.2, 0.25) is 5.02 Å². The molecule has 0 aliphatic heterocycles.